The highest BCUT2D eigenvalue weighted by Crippen LogP contribution is 2.26. The van der Waals surface area contributed by atoms with Crippen LogP contribution in [0.15, 0.2) is 54.6 Å². The molecule has 5 nitrogen and oxygen atoms in total. The van der Waals surface area contributed by atoms with Gasteiger partial charge in [0.25, 0.3) is 0 Å². The summed E-state index contributed by atoms with van der Waals surface area (Å²) in [5.74, 6) is 0.535. The summed E-state index contributed by atoms with van der Waals surface area (Å²) >= 11 is 0. The van der Waals surface area contributed by atoms with Gasteiger partial charge in [-0.2, -0.15) is 0 Å². The smallest absolute Gasteiger partial charge is 0.355 e. The first-order valence-electron chi connectivity index (χ1n) is 10.9. The van der Waals surface area contributed by atoms with E-state index in [4.69, 9.17) is 9.47 Å². The number of carbonyl (C=O) groups is 1. The van der Waals surface area contributed by atoms with Crippen molar-refractivity contribution in [2.24, 2.45) is 0 Å². The molecule has 3 aromatic rings. The zero-order valence-electron chi connectivity index (χ0n) is 17.8. The predicted molar refractivity (Wildman–Crippen MR) is 120 cm³/mol. The number of carbonyl (C=O) groups excluding carboxylic acids is 1. The maximum absolute atomic E-state index is 12.5. The lowest BCUT2D eigenvalue weighted by molar-refractivity contribution is 0.0517. The van der Waals surface area contributed by atoms with Gasteiger partial charge in [0, 0.05) is 23.7 Å². The largest absolute Gasteiger partial charge is 0.494 e. The molecule has 1 aliphatic rings. The highest BCUT2D eigenvalue weighted by Gasteiger charge is 2.19. The van der Waals surface area contributed by atoms with Crippen LogP contribution in [0.1, 0.15) is 43.6 Å². The van der Waals surface area contributed by atoms with E-state index in [0.717, 1.165) is 35.3 Å². The number of rotatable bonds is 8. The highest BCUT2D eigenvalue weighted by atomic mass is 16.5. The average molecular weight is 407 g/mol. The normalized spacial score (nSPS) is 16.8. The third-order valence-corrected chi connectivity index (χ3v) is 5.84. The maximum atomic E-state index is 12.5. The summed E-state index contributed by atoms with van der Waals surface area (Å²) in [5, 5.41) is 1.01. The van der Waals surface area contributed by atoms with E-state index in [9.17, 15) is 4.79 Å². The third kappa shape index (κ3) is 4.36. The first kappa shape index (κ1) is 20.5. The summed E-state index contributed by atoms with van der Waals surface area (Å²) in [4.78, 5) is 15.1. The summed E-state index contributed by atoms with van der Waals surface area (Å²) in [6.07, 6.45) is 3.65. The van der Waals surface area contributed by atoms with Crippen molar-refractivity contribution in [1.29, 1.82) is 0 Å². The molecule has 1 aromatic heterocycles. The number of likely N-dealkylation sites (tertiary alicyclic amines) is 1. The fraction of sp³-hybridized carbons (Fsp3) is 0.400. The van der Waals surface area contributed by atoms with Crippen LogP contribution in [0.4, 0.5) is 0 Å². The molecule has 0 saturated carbocycles. The zero-order valence-corrected chi connectivity index (χ0v) is 17.8. The number of aromatic nitrogens is 1. The molecule has 158 valence electrons. The summed E-state index contributed by atoms with van der Waals surface area (Å²) < 4.78 is 13.2. The molecular weight excluding hydrogens is 376 g/mol. The van der Waals surface area contributed by atoms with Crippen LogP contribution in [-0.2, 0) is 4.74 Å². The minimum atomic E-state index is -0.315. The van der Waals surface area contributed by atoms with Gasteiger partial charge in [-0.1, -0.05) is 18.2 Å². The van der Waals surface area contributed by atoms with Crippen molar-refractivity contribution in [3.05, 3.63) is 60.3 Å². The van der Waals surface area contributed by atoms with Gasteiger partial charge >= 0.3 is 5.97 Å². The van der Waals surface area contributed by atoms with E-state index in [2.05, 4.69) is 11.8 Å². The molecule has 2 aromatic carbocycles. The van der Waals surface area contributed by atoms with Crippen LogP contribution in [0, 0.1) is 0 Å². The Bertz CT molecular complexity index is 993. The standard InChI is InChI=1S/C25H30N2O3/c1-3-29-25(28)24-18-20-9-4-5-10-23(20)27(24)21-11-13-22(14-12-21)30-17-7-16-26-15-6-8-19(26)2/h4-5,9-14,18-19H,3,6-8,15-17H2,1-2H3/t19-/m1/s1. The monoisotopic (exact) mass is 406 g/mol. The molecule has 1 aliphatic heterocycles. The number of nitrogens with zero attached hydrogens (tertiary/aromatic N) is 2. The van der Waals surface area contributed by atoms with Crippen molar-refractivity contribution < 1.29 is 14.3 Å². The highest BCUT2D eigenvalue weighted by molar-refractivity contribution is 5.97. The second-order valence-corrected chi connectivity index (χ2v) is 7.87. The minimum Gasteiger partial charge on any atom is -0.494 e. The lowest BCUT2D eigenvalue weighted by Gasteiger charge is -2.20. The van der Waals surface area contributed by atoms with Gasteiger partial charge in [-0.15, -0.1) is 0 Å². The van der Waals surface area contributed by atoms with Gasteiger partial charge in [-0.05, 0) is 76.1 Å². The molecule has 4 rings (SSSR count). The summed E-state index contributed by atoms with van der Waals surface area (Å²) in [6.45, 7) is 7.50. The SMILES string of the molecule is CCOC(=O)c1cc2ccccc2n1-c1ccc(OCCCN2CCC[C@H]2C)cc1. The molecule has 0 spiro atoms. The summed E-state index contributed by atoms with van der Waals surface area (Å²) in [5.41, 5.74) is 2.43. The van der Waals surface area contributed by atoms with E-state index in [1.165, 1.54) is 19.4 Å². The number of hydrogen-bond donors (Lipinski definition) is 0. The number of fused-ring (bicyclic) bond motifs is 1. The molecular formula is C25H30N2O3. The van der Waals surface area contributed by atoms with Crippen LogP contribution in [0.25, 0.3) is 16.6 Å². The molecule has 5 heteroatoms. The zero-order chi connectivity index (χ0) is 20.9. The fourth-order valence-electron chi connectivity index (χ4n) is 4.26. The van der Waals surface area contributed by atoms with Crippen LogP contribution in [0.3, 0.4) is 0 Å². The van der Waals surface area contributed by atoms with E-state index in [1.807, 2.05) is 66.1 Å². The Kier molecular flexibility index (Phi) is 6.38. The number of hydrogen-bond acceptors (Lipinski definition) is 4. The van der Waals surface area contributed by atoms with E-state index in [1.54, 1.807) is 0 Å². The third-order valence-electron chi connectivity index (χ3n) is 5.84. The van der Waals surface area contributed by atoms with Crippen molar-refractivity contribution in [3.8, 4) is 11.4 Å². The van der Waals surface area contributed by atoms with Crippen LogP contribution in [0.5, 0.6) is 5.75 Å². The summed E-state index contributed by atoms with van der Waals surface area (Å²) in [7, 11) is 0. The molecule has 1 fully saturated rings. The van der Waals surface area contributed by atoms with Crippen molar-refractivity contribution >= 4 is 16.9 Å². The molecule has 0 radical (unpaired) electrons. The number of benzene rings is 2. The molecule has 0 amide bonds. The lowest BCUT2D eigenvalue weighted by atomic mass is 10.2. The first-order valence-corrected chi connectivity index (χ1v) is 10.9. The number of ether oxygens (including phenoxy) is 2. The van der Waals surface area contributed by atoms with Gasteiger partial charge in [0.05, 0.1) is 18.7 Å². The Morgan fingerprint density at radius 3 is 2.67 bits per heavy atom. The Morgan fingerprint density at radius 1 is 1.13 bits per heavy atom. The van der Waals surface area contributed by atoms with Gasteiger partial charge < -0.3 is 18.9 Å². The Morgan fingerprint density at radius 2 is 1.93 bits per heavy atom. The predicted octanol–water partition coefficient (Wildman–Crippen LogP) is 5.06. The molecule has 0 bridgehead atoms. The van der Waals surface area contributed by atoms with E-state index in [-0.39, 0.29) is 5.97 Å². The maximum Gasteiger partial charge on any atom is 0.355 e. The number of esters is 1. The minimum absolute atomic E-state index is 0.315. The van der Waals surface area contributed by atoms with Gasteiger partial charge in [0.2, 0.25) is 0 Å². The van der Waals surface area contributed by atoms with Crippen LogP contribution >= 0.6 is 0 Å². The van der Waals surface area contributed by atoms with Crippen molar-refractivity contribution in [1.82, 2.24) is 9.47 Å². The molecule has 0 aliphatic carbocycles. The van der Waals surface area contributed by atoms with E-state index >= 15 is 0 Å². The fourth-order valence-corrected chi connectivity index (χ4v) is 4.26. The average Bonchev–Trinajstić information content (AvgIpc) is 3.35. The second kappa shape index (κ2) is 9.35. The second-order valence-electron chi connectivity index (χ2n) is 7.87. The van der Waals surface area contributed by atoms with Crippen molar-refractivity contribution in [2.45, 2.75) is 39.2 Å². The van der Waals surface area contributed by atoms with Crippen LogP contribution in [-0.4, -0.2) is 47.8 Å². The molecule has 1 atom stereocenters. The van der Waals surface area contributed by atoms with Crippen LogP contribution in [0.2, 0.25) is 0 Å². The quantitative estimate of drug-likeness (QED) is 0.387. The Balaban J connectivity index is 1.46. The first-order chi connectivity index (χ1) is 14.7. The van der Waals surface area contributed by atoms with Crippen molar-refractivity contribution in [2.75, 3.05) is 26.3 Å². The molecule has 2 heterocycles. The molecule has 0 unspecified atom stereocenters. The Hall–Kier alpha value is -2.79. The topological polar surface area (TPSA) is 43.7 Å². The van der Waals surface area contributed by atoms with E-state index in [0.29, 0.717) is 24.9 Å². The molecule has 0 N–H and O–H groups in total. The molecule has 30 heavy (non-hydrogen) atoms. The van der Waals surface area contributed by atoms with Gasteiger partial charge in [-0.25, -0.2) is 4.79 Å². The van der Waals surface area contributed by atoms with Crippen LogP contribution < -0.4 is 4.74 Å². The van der Waals surface area contributed by atoms with Gasteiger partial charge in [-0.3, -0.25) is 0 Å². The van der Waals surface area contributed by atoms with E-state index < -0.39 is 0 Å². The summed E-state index contributed by atoms with van der Waals surface area (Å²) in [6, 6.07) is 18.5. The lowest BCUT2D eigenvalue weighted by Crippen LogP contribution is -2.28. The van der Waals surface area contributed by atoms with Gasteiger partial charge in [0.15, 0.2) is 0 Å². The Labute approximate surface area is 178 Å². The van der Waals surface area contributed by atoms with Crippen molar-refractivity contribution in [3.63, 3.8) is 0 Å². The molecule has 1 saturated heterocycles. The van der Waals surface area contributed by atoms with Gasteiger partial charge in [0.1, 0.15) is 11.4 Å². The number of para-hydroxylation sites is 1.